The van der Waals surface area contributed by atoms with Crippen LogP contribution in [-0.4, -0.2) is 25.9 Å². The zero-order valence-corrected chi connectivity index (χ0v) is 15.1. The molecule has 0 fully saturated rings. The van der Waals surface area contributed by atoms with E-state index in [1.54, 1.807) is 24.6 Å². The van der Waals surface area contributed by atoms with Crippen LogP contribution in [0, 0.1) is 13.8 Å². The van der Waals surface area contributed by atoms with Crippen LogP contribution in [0.25, 0.3) is 0 Å². The van der Waals surface area contributed by atoms with Crippen molar-refractivity contribution >= 4 is 23.2 Å². The van der Waals surface area contributed by atoms with Gasteiger partial charge in [-0.1, -0.05) is 29.8 Å². The number of anilines is 1. The van der Waals surface area contributed by atoms with E-state index in [1.807, 2.05) is 23.3 Å². The highest BCUT2D eigenvalue weighted by Gasteiger charge is 2.34. The van der Waals surface area contributed by atoms with Gasteiger partial charge in [0.2, 0.25) is 0 Å². The van der Waals surface area contributed by atoms with E-state index in [1.165, 1.54) is 0 Å². The van der Waals surface area contributed by atoms with Crippen LogP contribution < -0.4 is 5.32 Å². The third-order valence-corrected chi connectivity index (χ3v) is 4.38. The molecule has 142 valence electrons. The smallest absolute Gasteiger partial charge is 0.317 e. The number of alkyl halides is 3. The Balaban J connectivity index is 1.81. The number of hydrogen-bond donors (Lipinski definition) is 2. The lowest BCUT2D eigenvalue weighted by atomic mass is 10.2. The minimum absolute atomic E-state index is 0.361. The van der Waals surface area contributed by atoms with Crippen LogP contribution in [-0.2, 0) is 12.7 Å². The first-order valence-corrected chi connectivity index (χ1v) is 8.26. The number of rotatable bonds is 4. The van der Waals surface area contributed by atoms with Crippen LogP contribution in [0.5, 0.6) is 0 Å². The van der Waals surface area contributed by atoms with Crippen molar-refractivity contribution in [3.63, 3.8) is 0 Å². The van der Waals surface area contributed by atoms with E-state index in [2.05, 4.69) is 15.5 Å². The number of halogens is 4. The van der Waals surface area contributed by atoms with Gasteiger partial charge in [-0.3, -0.25) is 14.6 Å². The number of carbonyl (C=O) groups is 1. The summed E-state index contributed by atoms with van der Waals surface area (Å²) < 4.78 is 39.6. The summed E-state index contributed by atoms with van der Waals surface area (Å²) in [4.78, 5) is 12.3. The van der Waals surface area contributed by atoms with E-state index < -0.39 is 17.8 Å². The van der Waals surface area contributed by atoms with Gasteiger partial charge in [0.05, 0.1) is 23.6 Å². The van der Waals surface area contributed by atoms with Crippen LogP contribution in [0.4, 0.5) is 18.9 Å². The zero-order valence-electron chi connectivity index (χ0n) is 14.4. The first-order chi connectivity index (χ1) is 12.7. The molecule has 3 rings (SSSR count). The summed E-state index contributed by atoms with van der Waals surface area (Å²) in [6.07, 6.45) is -4.60. The Hall–Kier alpha value is -2.81. The van der Waals surface area contributed by atoms with Crippen molar-refractivity contribution in [3.8, 4) is 0 Å². The highest BCUT2D eigenvalue weighted by molar-refractivity contribution is 6.31. The summed E-state index contributed by atoms with van der Waals surface area (Å²) in [6.45, 7) is 3.83. The van der Waals surface area contributed by atoms with Crippen LogP contribution in [0.1, 0.15) is 33.1 Å². The van der Waals surface area contributed by atoms with Gasteiger partial charge in [-0.2, -0.15) is 23.4 Å². The minimum atomic E-state index is -4.60. The lowest BCUT2D eigenvalue weighted by molar-refractivity contribution is -0.141. The molecule has 0 saturated carbocycles. The molecule has 2 N–H and O–H groups in total. The normalized spacial score (nSPS) is 11.6. The highest BCUT2D eigenvalue weighted by Crippen LogP contribution is 2.28. The van der Waals surface area contributed by atoms with Gasteiger partial charge in [-0.15, -0.1) is 0 Å². The van der Waals surface area contributed by atoms with Crippen LogP contribution in [0.3, 0.4) is 0 Å². The molecular formula is C17H15ClF3N5O. The predicted molar refractivity (Wildman–Crippen MR) is 93.8 cm³/mol. The summed E-state index contributed by atoms with van der Waals surface area (Å²) in [5.41, 5.74) is 0.996. The van der Waals surface area contributed by atoms with E-state index in [9.17, 15) is 18.0 Å². The second-order valence-electron chi connectivity index (χ2n) is 5.91. The molecule has 0 aliphatic rings. The Labute approximate surface area is 157 Å². The van der Waals surface area contributed by atoms with Gasteiger partial charge in [0.25, 0.3) is 5.91 Å². The second kappa shape index (κ2) is 7.07. The van der Waals surface area contributed by atoms with Crippen LogP contribution in [0.15, 0.2) is 30.3 Å². The number of benzene rings is 1. The Kier molecular flexibility index (Phi) is 4.97. The highest BCUT2D eigenvalue weighted by atomic mass is 35.5. The number of nitrogens with one attached hydrogen (secondary N) is 2. The standard InChI is InChI=1S/C17H15ClF3N5O/c1-9-15(22-16(27)13-7-14(24-23-13)17(19,20)21)10(2)26(25-9)8-11-5-3-4-6-12(11)18/h3-7H,8H2,1-2H3,(H,22,27)(H,23,24). The number of carbonyl (C=O) groups excluding carboxylic acids is 1. The summed E-state index contributed by atoms with van der Waals surface area (Å²) >= 11 is 6.16. The van der Waals surface area contributed by atoms with Crippen molar-refractivity contribution in [3.05, 3.63) is 63.7 Å². The molecule has 2 aromatic heterocycles. The SMILES string of the molecule is Cc1nn(Cc2ccccc2Cl)c(C)c1NC(=O)c1cc(C(F)(F)F)[nH]n1. The van der Waals surface area contributed by atoms with Gasteiger partial charge in [-0.05, 0) is 25.5 Å². The van der Waals surface area contributed by atoms with E-state index in [4.69, 9.17) is 11.6 Å². The number of H-pyrrole nitrogens is 1. The Morgan fingerprint density at radius 2 is 2.00 bits per heavy atom. The van der Waals surface area contributed by atoms with Gasteiger partial charge < -0.3 is 5.32 Å². The van der Waals surface area contributed by atoms with Gasteiger partial charge in [0.15, 0.2) is 5.69 Å². The molecule has 1 aromatic carbocycles. The molecule has 0 saturated heterocycles. The van der Waals surface area contributed by atoms with E-state index in [0.717, 1.165) is 5.56 Å². The summed E-state index contributed by atoms with van der Waals surface area (Å²) in [6, 6.07) is 7.96. The molecule has 0 radical (unpaired) electrons. The molecule has 3 aromatic rings. The third-order valence-electron chi connectivity index (χ3n) is 4.01. The molecule has 0 aliphatic carbocycles. The number of hydrogen-bond acceptors (Lipinski definition) is 3. The van der Waals surface area contributed by atoms with Gasteiger partial charge in [0.1, 0.15) is 5.69 Å². The van der Waals surface area contributed by atoms with Crippen molar-refractivity contribution in [2.24, 2.45) is 0 Å². The number of aryl methyl sites for hydroxylation is 1. The molecule has 2 heterocycles. The molecule has 0 atom stereocenters. The first-order valence-electron chi connectivity index (χ1n) is 7.88. The quantitative estimate of drug-likeness (QED) is 0.693. The summed E-state index contributed by atoms with van der Waals surface area (Å²) in [5, 5.41) is 12.8. The molecule has 27 heavy (non-hydrogen) atoms. The maximum Gasteiger partial charge on any atom is 0.432 e. The molecule has 1 amide bonds. The number of aromatic amines is 1. The molecular weight excluding hydrogens is 383 g/mol. The van der Waals surface area contributed by atoms with Gasteiger partial charge in [0, 0.05) is 11.1 Å². The van der Waals surface area contributed by atoms with Crippen LogP contribution in [0.2, 0.25) is 5.02 Å². The average molecular weight is 398 g/mol. The number of aromatic nitrogens is 4. The van der Waals surface area contributed by atoms with E-state index in [-0.39, 0.29) is 5.69 Å². The fraction of sp³-hybridized carbons (Fsp3) is 0.235. The van der Waals surface area contributed by atoms with Crippen molar-refractivity contribution in [1.82, 2.24) is 20.0 Å². The Bertz CT molecular complexity index is 993. The summed E-state index contributed by atoms with van der Waals surface area (Å²) in [5.74, 6) is -0.759. The second-order valence-corrected chi connectivity index (χ2v) is 6.32. The largest absolute Gasteiger partial charge is 0.432 e. The lowest BCUT2D eigenvalue weighted by Crippen LogP contribution is -2.14. The molecule has 0 aliphatic heterocycles. The first kappa shape index (κ1) is 19.0. The van der Waals surface area contributed by atoms with Crippen molar-refractivity contribution < 1.29 is 18.0 Å². The van der Waals surface area contributed by atoms with Crippen molar-refractivity contribution in [1.29, 1.82) is 0 Å². The van der Waals surface area contributed by atoms with Crippen molar-refractivity contribution in [2.45, 2.75) is 26.6 Å². The van der Waals surface area contributed by atoms with E-state index >= 15 is 0 Å². The molecule has 6 nitrogen and oxygen atoms in total. The molecule has 0 unspecified atom stereocenters. The lowest BCUT2D eigenvalue weighted by Gasteiger charge is -2.07. The average Bonchev–Trinajstić information content (AvgIpc) is 3.18. The van der Waals surface area contributed by atoms with Gasteiger partial charge in [-0.25, -0.2) is 0 Å². The molecule has 0 spiro atoms. The fourth-order valence-electron chi connectivity index (χ4n) is 2.58. The zero-order chi connectivity index (χ0) is 19.8. The molecule has 0 bridgehead atoms. The van der Waals surface area contributed by atoms with Crippen molar-refractivity contribution in [2.75, 3.05) is 5.32 Å². The third kappa shape index (κ3) is 3.97. The topological polar surface area (TPSA) is 75.6 Å². The van der Waals surface area contributed by atoms with Crippen LogP contribution >= 0.6 is 11.6 Å². The number of amides is 1. The van der Waals surface area contributed by atoms with Gasteiger partial charge >= 0.3 is 6.18 Å². The predicted octanol–water partition coefficient (Wildman–Crippen LogP) is 4.20. The Morgan fingerprint density at radius 3 is 2.63 bits per heavy atom. The molecule has 10 heteroatoms. The number of nitrogens with zero attached hydrogens (tertiary/aromatic N) is 3. The Morgan fingerprint density at radius 1 is 1.30 bits per heavy atom. The maximum absolute atomic E-state index is 12.6. The monoisotopic (exact) mass is 397 g/mol. The summed E-state index contributed by atoms with van der Waals surface area (Å²) in [7, 11) is 0. The minimum Gasteiger partial charge on any atom is -0.317 e. The fourth-order valence-corrected chi connectivity index (χ4v) is 2.78. The maximum atomic E-state index is 12.6. The van der Waals surface area contributed by atoms with E-state index in [0.29, 0.717) is 34.7 Å².